The van der Waals surface area contributed by atoms with Crippen LogP contribution in [0.4, 0.5) is 0 Å². The van der Waals surface area contributed by atoms with Gasteiger partial charge in [-0.3, -0.25) is 4.79 Å². The minimum absolute atomic E-state index is 0.162. The number of hydrazone groups is 1. The zero-order valence-electron chi connectivity index (χ0n) is 21.6. The van der Waals surface area contributed by atoms with E-state index in [1.807, 2.05) is 45.9 Å². The molecule has 3 aromatic rings. The van der Waals surface area contributed by atoms with Crippen molar-refractivity contribution >= 4 is 18.1 Å². The Morgan fingerprint density at radius 3 is 2.30 bits per heavy atom. The molecule has 0 aliphatic carbocycles. The molecule has 0 spiro atoms. The summed E-state index contributed by atoms with van der Waals surface area (Å²) in [5.41, 5.74) is 5.71. The Morgan fingerprint density at radius 1 is 0.838 bits per heavy atom. The first-order valence-electron chi connectivity index (χ1n) is 12.1. The Hall–Kier alpha value is -4.33. The predicted molar refractivity (Wildman–Crippen MR) is 142 cm³/mol. The number of esters is 1. The summed E-state index contributed by atoms with van der Waals surface area (Å²) in [5, 5.41) is 3.97. The van der Waals surface area contributed by atoms with E-state index >= 15 is 0 Å². The molecule has 1 amide bonds. The molecular weight excluding hydrogens is 472 g/mol. The molecule has 0 fully saturated rings. The Balaban J connectivity index is 1.57. The van der Waals surface area contributed by atoms with Gasteiger partial charge in [-0.15, -0.1) is 0 Å². The van der Waals surface area contributed by atoms with Gasteiger partial charge in [-0.05, 0) is 98.5 Å². The van der Waals surface area contributed by atoms with Crippen molar-refractivity contribution in [3.63, 3.8) is 0 Å². The van der Waals surface area contributed by atoms with Crippen molar-refractivity contribution < 1.29 is 28.5 Å². The van der Waals surface area contributed by atoms with Crippen LogP contribution in [0.1, 0.15) is 47.3 Å². The lowest BCUT2D eigenvalue weighted by molar-refractivity contribution is -0.123. The average molecular weight is 505 g/mol. The highest BCUT2D eigenvalue weighted by atomic mass is 16.6. The molecule has 0 atom stereocenters. The third kappa shape index (κ3) is 8.38. The average Bonchev–Trinajstić information content (AvgIpc) is 2.90. The number of hydrogen-bond acceptors (Lipinski definition) is 7. The fraction of sp³-hybridized carbons (Fsp3) is 0.276. The second-order valence-corrected chi connectivity index (χ2v) is 8.23. The molecule has 3 aromatic carbocycles. The van der Waals surface area contributed by atoms with Crippen LogP contribution < -0.4 is 24.4 Å². The lowest BCUT2D eigenvalue weighted by Gasteiger charge is -2.12. The summed E-state index contributed by atoms with van der Waals surface area (Å²) < 4.78 is 22.3. The maximum atomic E-state index is 12.6. The summed E-state index contributed by atoms with van der Waals surface area (Å²) in [6, 6.07) is 17.4. The van der Waals surface area contributed by atoms with Crippen LogP contribution in [0.5, 0.6) is 23.0 Å². The molecule has 0 saturated carbocycles. The molecule has 0 saturated heterocycles. The second kappa shape index (κ2) is 13.7. The molecular formula is C29H32N2O6. The molecule has 3 rings (SSSR count). The maximum Gasteiger partial charge on any atom is 0.343 e. The topological polar surface area (TPSA) is 95.5 Å². The fourth-order valence-electron chi connectivity index (χ4n) is 3.19. The van der Waals surface area contributed by atoms with Gasteiger partial charge in [0.1, 0.15) is 11.5 Å². The van der Waals surface area contributed by atoms with Gasteiger partial charge < -0.3 is 18.9 Å². The summed E-state index contributed by atoms with van der Waals surface area (Å²) in [4.78, 5) is 24.7. The van der Waals surface area contributed by atoms with E-state index in [-0.39, 0.29) is 12.4 Å². The zero-order valence-corrected chi connectivity index (χ0v) is 21.6. The Kier molecular flexibility index (Phi) is 10.1. The molecule has 0 aromatic heterocycles. The number of ether oxygens (including phenoxy) is 4. The van der Waals surface area contributed by atoms with E-state index in [1.165, 1.54) is 6.21 Å². The van der Waals surface area contributed by atoms with Crippen LogP contribution in [0.25, 0.3) is 0 Å². The summed E-state index contributed by atoms with van der Waals surface area (Å²) in [7, 11) is 0. The Morgan fingerprint density at radius 2 is 1.59 bits per heavy atom. The van der Waals surface area contributed by atoms with Crippen LogP contribution >= 0.6 is 0 Å². The van der Waals surface area contributed by atoms with Crippen molar-refractivity contribution in [3.05, 3.63) is 82.9 Å². The van der Waals surface area contributed by atoms with E-state index < -0.39 is 11.9 Å². The number of hydrogen-bond donors (Lipinski definition) is 1. The van der Waals surface area contributed by atoms with Gasteiger partial charge in [0, 0.05) is 0 Å². The predicted octanol–water partition coefficient (Wildman–Crippen LogP) is 5.24. The highest BCUT2D eigenvalue weighted by Gasteiger charge is 2.13. The number of nitrogens with zero attached hydrogens (tertiary/aromatic N) is 1. The number of aryl methyl sites for hydroxylation is 2. The van der Waals surface area contributed by atoms with E-state index in [1.54, 1.807) is 42.5 Å². The van der Waals surface area contributed by atoms with Crippen LogP contribution in [-0.2, 0) is 4.79 Å². The largest absolute Gasteiger partial charge is 0.494 e. The number of carbonyl (C=O) groups excluding carboxylic acids is 2. The number of amides is 1. The van der Waals surface area contributed by atoms with Crippen molar-refractivity contribution in [1.82, 2.24) is 5.43 Å². The first-order chi connectivity index (χ1) is 17.9. The van der Waals surface area contributed by atoms with Gasteiger partial charge in [0.25, 0.3) is 5.91 Å². The van der Waals surface area contributed by atoms with Gasteiger partial charge in [-0.1, -0.05) is 13.0 Å². The van der Waals surface area contributed by atoms with Gasteiger partial charge in [0.15, 0.2) is 18.1 Å². The van der Waals surface area contributed by atoms with Crippen molar-refractivity contribution in [2.24, 2.45) is 5.10 Å². The van der Waals surface area contributed by atoms with E-state index in [2.05, 4.69) is 10.5 Å². The second-order valence-electron chi connectivity index (χ2n) is 8.23. The number of rotatable bonds is 12. The highest BCUT2D eigenvalue weighted by molar-refractivity contribution is 5.92. The first kappa shape index (κ1) is 27.3. The maximum absolute atomic E-state index is 12.6. The molecule has 0 unspecified atom stereocenters. The van der Waals surface area contributed by atoms with Gasteiger partial charge in [0.05, 0.1) is 25.0 Å². The molecule has 1 N–H and O–H groups in total. The van der Waals surface area contributed by atoms with Crippen molar-refractivity contribution in [3.8, 4) is 23.0 Å². The molecule has 0 aliphatic heterocycles. The van der Waals surface area contributed by atoms with Crippen molar-refractivity contribution in [1.29, 1.82) is 0 Å². The summed E-state index contributed by atoms with van der Waals surface area (Å²) in [6.45, 7) is 8.68. The molecule has 37 heavy (non-hydrogen) atoms. The quantitative estimate of drug-likeness (QED) is 0.157. The van der Waals surface area contributed by atoms with E-state index in [0.29, 0.717) is 41.6 Å². The minimum Gasteiger partial charge on any atom is -0.494 e. The minimum atomic E-state index is -0.513. The van der Waals surface area contributed by atoms with Crippen LogP contribution in [0.2, 0.25) is 0 Å². The normalized spacial score (nSPS) is 10.7. The third-order valence-electron chi connectivity index (χ3n) is 5.28. The van der Waals surface area contributed by atoms with Crippen LogP contribution in [0.15, 0.2) is 65.8 Å². The monoisotopic (exact) mass is 504 g/mol. The van der Waals surface area contributed by atoms with Crippen LogP contribution in [-0.4, -0.2) is 37.9 Å². The zero-order chi connectivity index (χ0) is 26.6. The summed E-state index contributed by atoms with van der Waals surface area (Å²) in [6.07, 6.45) is 2.37. The van der Waals surface area contributed by atoms with E-state index in [0.717, 1.165) is 17.5 Å². The van der Waals surface area contributed by atoms with Crippen molar-refractivity contribution in [2.45, 2.75) is 34.1 Å². The van der Waals surface area contributed by atoms with Gasteiger partial charge >= 0.3 is 5.97 Å². The van der Waals surface area contributed by atoms with Crippen LogP contribution in [0.3, 0.4) is 0 Å². The molecule has 8 heteroatoms. The van der Waals surface area contributed by atoms with Gasteiger partial charge in [0.2, 0.25) is 0 Å². The van der Waals surface area contributed by atoms with Crippen LogP contribution in [0, 0.1) is 13.8 Å². The molecule has 8 nitrogen and oxygen atoms in total. The Labute approximate surface area is 217 Å². The van der Waals surface area contributed by atoms with E-state index in [9.17, 15) is 9.59 Å². The molecule has 0 aliphatic rings. The molecule has 0 radical (unpaired) electrons. The molecule has 0 heterocycles. The number of benzene rings is 3. The van der Waals surface area contributed by atoms with Gasteiger partial charge in [-0.25, -0.2) is 10.2 Å². The Bertz CT molecular complexity index is 1240. The summed E-state index contributed by atoms with van der Waals surface area (Å²) >= 11 is 0. The lowest BCUT2D eigenvalue weighted by atomic mass is 10.1. The number of nitrogens with one attached hydrogen (secondary N) is 1. The SMILES string of the molecule is CCCOc1ccc(C(=O)Oc2ccc(C=NNC(=O)COc3ccc(C)c(C)c3)cc2OCC)cc1. The smallest absolute Gasteiger partial charge is 0.343 e. The highest BCUT2D eigenvalue weighted by Crippen LogP contribution is 2.29. The molecule has 194 valence electrons. The standard InChI is InChI=1S/C29H32N2O6/c1-5-15-35-24-12-9-23(10-13-24)29(33)37-26-14-8-22(17-27(26)34-6-2)18-30-31-28(32)19-36-25-11-7-20(3)21(4)16-25/h7-14,16-18H,5-6,15,19H2,1-4H3,(H,31,32). The summed E-state index contributed by atoms with van der Waals surface area (Å²) in [5.74, 6) is 1.07. The fourth-order valence-corrected chi connectivity index (χ4v) is 3.19. The van der Waals surface area contributed by atoms with Crippen molar-refractivity contribution in [2.75, 3.05) is 19.8 Å². The first-order valence-corrected chi connectivity index (χ1v) is 12.1. The van der Waals surface area contributed by atoms with E-state index in [4.69, 9.17) is 18.9 Å². The number of carbonyl (C=O) groups is 2. The third-order valence-corrected chi connectivity index (χ3v) is 5.28. The van der Waals surface area contributed by atoms with Gasteiger partial charge in [-0.2, -0.15) is 5.10 Å². The molecule has 0 bridgehead atoms. The lowest BCUT2D eigenvalue weighted by Crippen LogP contribution is -2.24.